The number of amides is 2. The summed E-state index contributed by atoms with van der Waals surface area (Å²) in [5, 5.41) is 3.92. The Bertz CT molecular complexity index is 1330. The number of hydrogen-bond donors (Lipinski definition) is 1. The minimum atomic E-state index is -0.367. The molecule has 1 aliphatic rings. The summed E-state index contributed by atoms with van der Waals surface area (Å²) in [5.74, 6) is 0.367. The highest BCUT2D eigenvalue weighted by atomic mass is 16.5. The smallest absolute Gasteiger partial charge is 0.272 e. The second-order valence-corrected chi connectivity index (χ2v) is 8.09. The number of aromatic nitrogens is 2. The largest absolute Gasteiger partial charge is 0.497 e. The van der Waals surface area contributed by atoms with Gasteiger partial charge in [0.2, 0.25) is 5.91 Å². The molecule has 0 bridgehead atoms. The first-order chi connectivity index (χ1) is 16.1. The topological polar surface area (TPSA) is 76.5 Å². The second kappa shape index (κ2) is 8.43. The first-order valence-electron chi connectivity index (χ1n) is 10.8. The number of hydrogen-bond acceptors (Lipinski definition) is 4. The predicted molar refractivity (Wildman–Crippen MR) is 125 cm³/mol. The normalized spacial score (nSPS) is 15.0. The minimum Gasteiger partial charge on any atom is -0.497 e. The molecule has 0 fully saturated rings. The van der Waals surface area contributed by atoms with Crippen molar-refractivity contribution >= 4 is 22.7 Å². The molecule has 2 aromatic carbocycles. The number of pyridine rings is 1. The van der Waals surface area contributed by atoms with E-state index in [1.807, 2.05) is 72.3 Å². The van der Waals surface area contributed by atoms with E-state index in [0.717, 1.165) is 33.3 Å². The van der Waals surface area contributed by atoms with Crippen LogP contribution in [0.25, 0.3) is 10.9 Å². The van der Waals surface area contributed by atoms with Crippen molar-refractivity contribution in [3.05, 3.63) is 95.4 Å². The standard InChI is InChI=1S/C26H24N4O3/c1-29-21-8-4-3-7-20(21)23-24(18-9-11-19(33-2)12-10-18)30(26(32)25(23)29)16-22(31)28-15-17-6-5-13-27-14-17/h3-14,24H,15-16H2,1-2H3,(H,28,31). The molecule has 0 radical (unpaired) electrons. The average molecular weight is 441 g/mol. The summed E-state index contributed by atoms with van der Waals surface area (Å²) in [6.07, 6.45) is 3.40. The summed E-state index contributed by atoms with van der Waals surface area (Å²) in [6.45, 7) is 0.316. The van der Waals surface area contributed by atoms with Gasteiger partial charge in [-0.05, 0) is 35.4 Å². The number of fused-ring (bicyclic) bond motifs is 3. The van der Waals surface area contributed by atoms with Crippen LogP contribution in [0.2, 0.25) is 0 Å². The van der Waals surface area contributed by atoms with Gasteiger partial charge in [-0.3, -0.25) is 14.6 Å². The molecule has 0 aliphatic carbocycles. The summed E-state index contributed by atoms with van der Waals surface area (Å²) < 4.78 is 7.24. The fraction of sp³-hybridized carbons (Fsp3) is 0.192. The molecule has 0 saturated carbocycles. The van der Waals surface area contributed by atoms with Crippen molar-refractivity contribution in [3.8, 4) is 5.75 Å². The zero-order valence-corrected chi connectivity index (χ0v) is 18.5. The monoisotopic (exact) mass is 440 g/mol. The lowest BCUT2D eigenvalue weighted by Gasteiger charge is -2.26. The molecule has 1 aliphatic heterocycles. The molecule has 4 aromatic rings. The third-order valence-corrected chi connectivity index (χ3v) is 6.15. The van der Waals surface area contributed by atoms with Gasteiger partial charge in [0.15, 0.2) is 0 Å². The molecule has 7 nitrogen and oxygen atoms in total. The van der Waals surface area contributed by atoms with Gasteiger partial charge in [0.25, 0.3) is 5.91 Å². The van der Waals surface area contributed by atoms with E-state index in [1.54, 1.807) is 24.4 Å². The maximum Gasteiger partial charge on any atom is 0.272 e. The van der Waals surface area contributed by atoms with Crippen molar-refractivity contribution in [1.82, 2.24) is 19.8 Å². The molecule has 7 heteroatoms. The number of para-hydroxylation sites is 1. The maximum absolute atomic E-state index is 13.6. The highest BCUT2D eigenvalue weighted by molar-refractivity contribution is 6.07. The number of benzene rings is 2. The summed E-state index contributed by atoms with van der Waals surface area (Å²) in [5.41, 5.74) is 4.38. The number of nitrogens with zero attached hydrogens (tertiary/aromatic N) is 3. The van der Waals surface area contributed by atoms with Crippen LogP contribution >= 0.6 is 0 Å². The van der Waals surface area contributed by atoms with Crippen LogP contribution in [0.3, 0.4) is 0 Å². The van der Waals surface area contributed by atoms with Crippen molar-refractivity contribution < 1.29 is 14.3 Å². The van der Waals surface area contributed by atoms with Gasteiger partial charge in [0, 0.05) is 42.5 Å². The molecule has 0 spiro atoms. The van der Waals surface area contributed by atoms with Crippen molar-refractivity contribution in [2.45, 2.75) is 12.6 Å². The third-order valence-electron chi connectivity index (χ3n) is 6.15. The summed E-state index contributed by atoms with van der Waals surface area (Å²) in [4.78, 5) is 32.2. The van der Waals surface area contributed by atoms with Crippen molar-refractivity contribution in [2.24, 2.45) is 7.05 Å². The zero-order chi connectivity index (χ0) is 22.9. The number of rotatable bonds is 6. The molecule has 3 heterocycles. The van der Waals surface area contributed by atoms with E-state index in [1.165, 1.54) is 0 Å². The number of ether oxygens (including phenoxy) is 1. The molecule has 1 N–H and O–H groups in total. The molecule has 2 amide bonds. The van der Waals surface area contributed by atoms with Crippen molar-refractivity contribution in [3.63, 3.8) is 0 Å². The van der Waals surface area contributed by atoms with Gasteiger partial charge < -0.3 is 19.5 Å². The predicted octanol–water partition coefficient (Wildman–Crippen LogP) is 3.44. The lowest BCUT2D eigenvalue weighted by Crippen LogP contribution is -2.39. The average Bonchev–Trinajstić information content (AvgIpc) is 3.31. The van der Waals surface area contributed by atoms with E-state index in [4.69, 9.17) is 4.74 Å². The van der Waals surface area contributed by atoms with Crippen LogP contribution < -0.4 is 10.1 Å². The van der Waals surface area contributed by atoms with Crippen LogP contribution in [0.1, 0.15) is 33.2 Å². The van der Waals surface area contributed by atoms with Crippen molar-refractivity contribution in [1.29, 1.82) is 0 Å². The van der Waals surface area contributed by atoms with Crippen LogP contribution in [0, 0.1) is 0 Å². The molecule has 5 rings (SSSR count). The fourth-order valence-corrected chi connectivity index (χ4v) is 4.58. The van der Waals surface area contributed by atoms with Crippen LogP contribution in [-0.2, 0) is 18.4 Å². The van der Waals surface area contributed by atoms with Crippen molar-refractivity contribution in [2.75, 3.05) is 13.7 Å². The Kier molecular flexibility index (Phi) is 5.30. The number of nitrogens with one attached hydrogen (secondary N) is 1. The Morgan fingerprint density at radius 3 is 2.61 bits per heavy atom. The van der Waals surface area contributed by atoms with Gasteiger partial charge in [-0.25, -0.2) is 0 Å². The molecular weight excluding hydrogens is 416 g/mol. The second-order valence-electron chi connectivity index (χ2n) is 8.09. The SMILES string of the molecule is COc1ccc(C2c3c(n(C)c4ccccc34)C(=O)N2CC(=O)NCc2cccnc2)cc1. The lowest BCUT2D eigenvalue weighted by atomic mass is 9.98. The van der Waals surface area contributed by atoms with Crippen LogP contribution in [-0.4, -0.2) is 39.9 Å². The lowest BCUT2D eigenvalue weighted by molar-refractivity contribution is -0.122. The Balaban J connectivity index is 1.51. The van der Waals surface area contributed by atoms with Gasteiger partial charge in [0.05, 0.1) is 13.2 Å². The Hall–Kier alpha value is -4.13. The maximum atomic E-state index is 13.6. The van der Waals surface area contributed by atoms with Gasteiger partial charge in [-0.1, -0.05) is 36.4 Å². The molecule has 1 unspecified atom stereocenters. The fourth-order valence-electron chi connectivity index (χ4n) is 4.58. The van der Waals surface area contributed by atoms with Gasteiger partial charge in [-0.2, -0.15) is 0 Å². The molecule has 1 atom stereocenters. The molecule has 166 valence electrons. The Morgan fingerprint density at radius 1 is 1.09 bits per heavy atom. The van der Waals surface area contributed by atoms with E-state index in [0.29, 0.717) is 12.2 Å². The highest BCUT2D eigenvalue weighted by Crippen LogP contribution is 2.43. The summed E-state index contributed by atoms with van der Waals surface area (Å²) in [6, 6.07) is 19.0. The first kappa shape index (κ1) is 20.8. The molecular formula is C26H24N4O3. The molecule has 33 heavy (non-hydrogen) atoms. The first-order valence-corrected chi connectivity index (χ1v) is 10.8. The number of carbonyl (C=O) groups is 2. The van der Waals surface area contributed by atoms with Gasteiger partial charge >= 0.3 is 0 Å². The Morgan fingerprint density at radius 2 is 1.88 bits per heavy atom. The van der Waals surface area contributed by atoms with Crippen LogP contribution in [0.15, 0.2) is 73.1 Å². The number of carbonyl (C=O) groups excluding carboxylic acids is 2. The Labute approximate surface area is 191 Å². The number of aryl methyl sites for hydroxylation is 1. The summed E-state index contributed by atoms with van der Waals surface area (Å²) in [7, 11) is 3.52. The molecule has 0 saturated heterocycles. The van der Waals surface area contributed by atoms with E-state index in [2.05, 4.69) is 10.3 Å². The van der Waals surface area contributed by atoms with E-state index in [9.17, 15) is 9.59 Å². The van der Waals surface area contributed by atoms with Crippen LogP contribution in [0.5, 0.6) is 5.75 Å². The molecule has 2 aromatic heterocycles. The zero-order valence-electron chi connectivity index (χ0n) is 18.5. The summed E-state index contributed by atoms with van der Waals surface area (Å²) >= 11 is 0. The van der Waals surface area contributed by atoms with E-state index >= 15 is 0 Å². The minimum absolute atomic E-state index is 0.0429. The number of methoxy groups -OCH3 is 1. The van der Waals surface area contributed by atoms with Crippen LogP contribution in [0.4, 0.5) is 0 Å². The quantitative estimate of drug-likeness (QED) is 0.498. The third kappa shape index (κ3) is 3.61. The van der Waals surface area contributed by atoms with Gasteiger partial charge in [-0.15, -0.1) is 0 Å². The van der Waals surface area contributed by atoms with E-state index in [-0.39, 0.29) is 24.4 Å². The highest BCUT2D eigenvalue weighted by Gasteiger charge is 2.42. The van der Waals surface area contributed by atoms with E-state index < -0.39 is 0 Å². The van der Waals surface area contributed by atoms with Gasteiger partial charge in [0.1, 0.15) is 18.0 Å².